The van der Waals surface area contributed by atoms with Crippen molar-refractivity contribution in [2.24, 2.45) is 0 Å². The Morgan fingerprint density at radius 3 is 3.00 bits per heavy atom. The van der Waals surface area contributed by atoms with Crippen molar-refractivity contribution in [3.63, 3.8) is 0 Å². The van der Waals surface area contributed by atoms with Crippen molar-refractivity contribution in [3.8, 4) is 0 Å². The summed E-state index contributed by atoms with van der Waals surface area (Å²) in [5, 5.41) is 1.36. The van der Waals surface area contributed by atoms with Gasteiger partial charge in [0.1, 0.15) is 0 Å². The number of benzene rings is 1. The normalized spacial score (nSPS) is 15.2. The lowest BCUT2D eigenvalue weighted by Gasteiger charge is -1.97. The van der Waals surface area contributed by atoms with Gasteiger partial charge in [0, 0.05) is 27.6 Å². The van der Waals surface area contributed by atoms with Crippen molar-refractivity contribution < 1.29 is 0 Å². The number of rotatable bonds is 0. The quantitative estimate of drug-likeness (QED) is 0.661. The average Bonchev–Trinajstić information content (AvgIpc) is 2.72. The molecular formula is C11H10BrN. The van der Waals surface area contributed by atoms with Gasteiger partial charge in [-0.2, -0.15) is 0 Å². The summed E-state index contributed by atoms with van der Waals surface area (Å²) < 4.78 is 3.74. The van der Waals surface area contributed by atoms with Crippen LogP contribution in [0.25, 0.3) is 10.9 Å². The van der Waals surface area contributed by atoms with Crippen LogP contribution >= 0.6 is 15.9 Å². The van der Waals surface area contributed by atoms with Gasteiger partial charge >= 0.3 is 0 Å². The second kappa shape index (κ2) is 2.61. The third kappa shape index (κ3) is 0.923. The molecule has 1 aliphatic rings. The van der Waals surface area contributed by atoms with Crippen molar-refractivity contribution in [1.29, 1.82) is 0 Å². The number of hydrogen-bond acceptors (Lipinski definition) is 0. The van der Waals surface area contributed by atoms with Crippen LogP contribution in [0.15, 0.2) is 28.7 Å². The van der Waals surface area contributed by atoms with Crippen molar-refractivity contribution in [2.75, 3.05) is 0 Å². The van der Waals surface area contributed by atoms with Gasteiger partial charge in [0.25, 0.3) is 0 Å². The van der Waals surface area contributed by atoms with Crippen molar-refractivity contribution in [1.82, 2.24) is 4.57 Å². The summed E-state index contributed by atoms with van der Waals surface area (Å²) in [6.07, 6.45) is 2.51. The molecule has 0 unspecified atom stereocenters. The van der Waals surface area contributed by atoms with E-state index >= 15 is 0 Å². The summed E-state index contributed by atoms with van der Waals surface area (Å²) in [7, 11) is 0. The summed E-state index contributed by atoms with van der Waals surface area (Å²) in [5.74, 6) is 0. The zero-order valence-electron chi connectivity index (χ0n) is 7.26. The standard InChI is InChI=1S/C11H10BrN/c12-11-8-4-1-2-5-9(8)13-7-3-6-10(11)13/h1-2,4-5H,3,6-7H2. The van der Waals surface area contributed by atoms with Crippen LogP contribution in [-0.2, 0) is 13.0 Å². The number of halogens is 1. The fourth-order valence-corrected chi connectivity index (χ4v) is 2.97. The number of nitrogens with zero attached hydrogens (tertiary/aromatic N) is 1. The van der Waals surface area contributed by atoms with E-state index in [0.29, 0.717) is 0 Å². The smallest absolute Gasteiger partial charge is 0.0494 e. The summed E-state index contributed by atoms with van der Waals surface area (Å²) in [6.45, 7) is 1.18. The van der Waals surface area contributed by atoms with E-state index < -0.39 is 0 Å². The highest BCUT2D eigenvalue weighted by Gasteiger charge is 2.18. The maximum absolute atomic E-state index is 3.68. The van der Waals surface area contributed by atoms with Crippen LogP contribution in [0.5, 0.6) is 0 Å². The number of hydrogen-bond donors (Lipinski definition) is 0. The Morgan fingerprint density at radius 1 is 1.23 bits per heavy atom. The molecule has 2 heteroatoms. The minimum absolute atomic E-state index is 1.18. The largest absolute Gasteiger partial charge is 0.343 e. The molecule has 0 saturated heterocycles. The van der Waals surface area contributed by atoms with Crippen LogP contribution in [0, 0.1) is 0 Å². The minimum atomic E-state index is 1.18. The molecule has 0 N–H and O–H groups in total. The predicted molar refractivity (Wildman–Crippen MR) is 58.0 cm³/mol. The summed E-state index contributed by atoms with van der Waals surface area (Å²) >= 11 is 3.68. The second-order valence-electron chi connectivity index (χ2n) is 3.53. The lowest BCUT2D eigenvalue weighted by Crippen LogP contribution is -1.90. The van der Waals surface area contributed by atoms with Gasteiger partial charge in [-0.1, -0.05) is 18.2 Å². The molecule has 1 aromatic carbocycles. The highest BCUT2D eigenvalue weighted by Crippen LogP contribution is 2.34. The van der Waals surface area contributed by atoms with Gasteiger partial charge < -0.3 is 4.57 Å². The van der Waals surface area contributed by atoms with Crippen LogP contribution in [-0.4, -0.2) is 4.57 Å². The number of para-hydroxylation sites is 1. The van der Waals surface area contributed by atoms with E-state index in [1.54, 1.807) is 0 Å². The van der Waals surface area contributed by atoms with E-state index in [1.165, 1.54) is 40.5 Å². The molecule has 0 saturated carbocycles. The SMILES string of the molecule is Brc1c2n(c3ccccc13)CCC2. The molecule has 0 atom stereocenters. The first kappa shape index (κ1) is 7.63. The molecular weight excluding hydrogens is 226 g/mol. The van der Waals surface area contributed by atoms with Gasteiger partial charge in [-0.3, -0.25) is 0 Å². The molecule has 0 spiro atoms. The maximum atomic E-state index is 3.68. The Labute approximate surface area is 85.5 Å². The van der Waals surface area contributed by atoms with Crippen LogP contribution < -0.4 is 0 Å². The molecule has 13 heavy (non-hydrogen) atoms. The Bertz CT molecular complexity index is 470. The molecule has 2 heterocycles. The highest BCUT2D eigenvalue weighted by atomic mass is 79.9. The Morgan fingerprint density at radius 2 is 2.08 bits per heavy atom. The van der Waals surface area contributed by atoms with Gasteiger partial charge in [0.15, 0.2) is 0 Å². The van der Waals surface area contributed by atoms with E-state index in [9.17, 15) is 0 Å². The molecule has 3 rings (SSSR count). The number of aryl methyl sites for hydroxylation is 1. The van der Waals surface area contributed by atoms with Crippen LogP contribution in [0.4, 0.5) is 0 Å². The molecule has 0 aliphatic carbocycles. The third-order valence-electron chi connectivity index (χ3n) is 2.81. The monoisotopic (exact) mass is 235 g/mol. The first-order valence-electron chi connectivity index (χ1n) is 4.63. The van der Waals surface area contributed by atoms with Crippen LogP contribution in [0.2, 0.25) is 0 Å². The Kier molecular flexibility index (Phi) is 1.53. The van der Waals surface area contributed by atoms with Crippen molar-refractivity contribution in [2.45, 2.75) is 19.4 Å². The molecule has 0 fully saturated rings. The maximum Gasteiger partial charge on any atom is 0.0494 e. The second-order valence-corrected chi connectivity index (χ2v) is 4.33. The molecule has 2 aromatic rings. The first-order valence-corrected chi connectivity index (χ1v) is 5.43. The molecule has 1 nitrogen and oxygen atoms in total. The lowest BCUT2D eigenvalue weighted by atomic mass is 10.2. The molecule has 0 bridgehead atoms. The predicted octanol–water partition coefficient (Wildman–Crippen LogP) is 3.35. The van der Waals surface area contributed by atoms with E-state index in [4.69, 9.17) is 0 Å². The molecule has 0 radical (unpaired) electrons. The summed E-state index contributed by atoms with van der Waals surface area (Å²) in [6, 6.07) is 8.60. The molecule has 1 aromatic heterocycles. The van der Waals surface area contributed by atoms with Gasteiger partial charge in [-0.05, 0) is 34.8 Å². The lowest BCUT2D eigenvalue weighted by molar-refractivity contribution is 0.772. The summed E-state index contributed by atoms with van der Waals surface area (Å²) in [4.78, 5) is 0. The van der Waals surface area contributed by atoms with Gasteiger partial charge in [0.2, 0.25) is 0 Å². The first-order chi connectivity index (χ1) is 6.38. The zero-order valence-corrected chi connectivity index (χ0v) is 8.84. The molecule has 66 valence electrons. The Hall–Kier alpha value is -0.760. The fourth-order valence-electron chi connectivity index (χ4n) is 2.22. The summed E-state index contributed by atoms with van der Waals surface area (Å²) in [5.41, 5.74) is 2.85. The van der Waals surface area contributed by atoms with Crippen LogP contribution in [0.3, 0.4) is 0 Å². The van der Waals surface area contributed by atoms with E-state index in [2.05, 4.69) is 44.8 Å². The molecule has 0 amide bonds. The van der Waals surface area contributed by atoms with E-state index in [0.717, 1.165) is 0 Å². The van der Waals surface area contributed by atoms with Gasteiger partial charge in [-0.15, -0.1) is 0 Å². The van der Waals surface area contributed by atoms with Gasteiger partial charge in [-0.25, -0.2) is 0 Å². The van der Waals surface area contributed by atoms with Crippen molar-refractivity contribution in [3.05, 3.63) is 34.4 Å². The van der Waals surface area contributed by atoms with E-state index in [-0.39, 0.29) is 0 Å². The highest BCUT2D eigenvalue weighted by molar-refractivity contribution is 9.10. The average molecular weight is 236 g/mol. The number of aromatic nitrogens is 1. The van der Waals surface area contributed by atoms with Gasteiger partial charge in [0.05, 0.1) is 0 Å². The number of fused-ring (bicyclic) bond motifs is 3. The van der Waals surface area contributed by atoms with E-state index in [1.807, 2.05) is 0 Å². The molecule has 1 aliphatic heterocycles. The third-order valence-corrected chi connectivity index (χ3v) is 3.69. The zero-order chi connectivity index (χ0) is 8.84. The topological polar surface area (TPSA) is 4.93 Å². The van der Waals surface area contributed by atoms with Crippen LogP contribution in [0.1, 0.15) is 12.1 Å². The fraction of sp³-hybridized carbons (Fsp3) is 0.273. The minimum Gasteiger partial charge on any atom is -0.343 e. The van der Waals surface area contributed by atoms with Crippen molar-refractivity contribution >= 4 is 26.8 Å². The Balaban J connectivity index is 2.49.